The van der Waals surface area contributed by atoms with Crippen molar-refractivity contribution in [3.63, 3.8) is 0 Å². The number of benzene rings is 1. The average molecular weight is 260 g/mol. The molecule has 0 spiro atoms. The van der Waals surface area contributed by atoms with Gasteiger partial charge in [0.2, 0.25) is 5.91 Å². The number of hydrogen-bond acceptors (Lipinski definition) is 2. The largest absolute Gasteiger partial charge is 0.349 e. The lowest BCUT2D eigenvalue weighted by Gasteiger charge is -2.35. The monoisotopic (exact) mass is 260 g/mol. The maximum absolute atomic E-state index is 12.5. The highest BCUT2D eigenvalue weighted by Crippen LogP contribution is 2.36. The van der Waals surface area contributed by atoms with Crippen LogP contribution in [0.4, 0.5) is 0 Å². The Hall–Kier alpha value is -1.35. The first kappa shape index (κ1) is 14.1. The Bertz CT molecular complexity index is 410. The first-order chi connectivity index (χ1) is 9.18. The van der Waals surface area contributed by atoms with Gasteiger partial charge >= 0.3 is 0 Å². The van der Waals surface area contributed by atoms with Crippen LogP contribution in [0.5, 0.6) is 0 Å². The third kappa shape index (κ3) is 3.16. The molecule has 1 aliphatic rings. The van der Waals surface area contributed by atoms with Crippen LogP contribution in [0.1, 0.15) is 50.6 Å². The quantitative estimate of drug-likeness (QED) is 0.874. The first-order valence-electron chi connectivity index (χ1n) is 7.24. The van der Waals surface area contributed by atoms with E-state index < -0.39 is 0 Å². The van der Waals surface area contributed by atoms with Gasteiger partial charge in [0.05, 0.1) is 11.5 Å². The molecule has 3 nitrogen and oxygen atoms in total. The van der Waals surface area contributed by atoms with Crippen molar-refractivity contribution >= 4 is 5.91 Å². The molecule has 0 radical (unpaired) electrons. The Morgan fingerprint density at radius 2 is 1.89 bits per heavy atom. The van der Waals surface area contributed by atoms with Crippen molar-refractivity contribution in [2.45, 2.75) is 45.1 Å². The molecule has 2 rings (SSSR count). The standard InChI is InChI=1S/C16H24N2O/c1-13(14-8-4-2-5-9-14)18-15(19)16(12-17)10-6-3-7-11-16/h2,4-5,8-9,13H,3,6-7,10-12,17H2,1H3,(H,18,19). The number of nitrogens with one attached hydrogen (secondary N) is 1. The van der Waals surface area contributed by atoms with Crippen LogP contribution in [0.3, 0.4) is 0 Å². The molecule has 1 saturated carbocycles. The zero-order chi connectivity index (χ0) is 13.7. The van der Waals surface area contributed by atoms with Crippen molar-refractivity contribution in [1.29, 1.82) is 0 Å². The van der Waals surface area contributed by atoms with Crippen molar-refractivity contribution in [1.82, 2.24) is 5.32 Å². The van der Waals surface area contributed by atoms with Gasteiger partial charge in [0.15, 0.2) is 0 Å². The predicted octanol–water partition coefficient (Wildman–Crippen LogP) is 2.77. The number of rotatable bonds is 4. The smallest absolute Gasteiger partial charge is 0.227 e. The van der Waals surface area contributed by atoms with Crippen LogP contribution in [0.25, 0.3) is 0 Å². The molecular formula is C16H24N2O. The zero-order valence-corrected chi connectivity index (χ0v) is 11.7. The van der Waals surface area contributed by atoms with Gasteiger partial charge in [0, 0.05) is 6.54 Å². The van der Waals surface area contributed by atoms with E-state index in [9.17, 15) is 4.79 Å². The van der Waals surface area contributed by atoms with Crippen molar-refractivity contribution in [2.24, 2.45) is 11.1 Å². The molecule has 1 aliphatic carbocycles. The molecular weight excluding hydrogens is 236 g/mol. The molecule has 0 bridgehead atoms. The Balaban J connectivity index is 2.03. The van der Waals surface area contributed by atoms with Crippen molar-refractivity contribution in [2.75, 3.05) is 6.54 Å². The lowest BCUT2D eigenvalue weighted by Crippen LogP contribution is -2.47. The molecule has 3 heteroatoms. The van der Waals surface area contributed by atoms with Crippen LogP contribution >= 0.6 is 0 Å². The summed E-state index contributed by atoms with van der Waals surface area (Å²) in [4.78, 5) is 12.5. The Morgan fingerprint density at radius 1 is 1.26 bits per heavy atom. The summed E-state index contributed by atoms with van der Waals surface area (Å²) in [5.41, 5.74) is 6.70. The molecule has 1 aromatic rings. The number of amides is 1. The summed E-state index contributed by atoms with van der Waals surface area (Å²) in [7, 11) is 0. The van der Waals surface area contributed by atoms with Crippen LogP contribution in [0, 0.1) is 5.41 Å². The van der Waals surface area contributed by atoms with Crippen LogP contribution in [0.2, 0.25) is 0 Å². The van der Waals surface area contributed by atoms with Crippen LogP contribution in [-0.2, 0) is 4.79 Å². The van der Waals surface area contributed by atoms with Gasteiger partial charge in [-0.3, -0.25) is 4.79 Å². The van der Waals surface area contributed by atoms with E-state index in [0.29, 0.717) is 6.54 Å². The molecule has 1 amide bonds. The Labute approximate surface area is 115 Å². The molecule has 19 heavy (non-hydrogen) atoms. The number of hydrogen-bond donors (Lipinski definition) is 2. The van der Waals surface area contributed by atoms with E-state index in [-0.39, 0.29) is 17.4 Å². The van der Waals surface area contributed by atoms with Gasteiger partial charge in [0.1, 0.15) is 0 Å². The second-order valence-electron chi connectivity index (χ2n) is 5.65. The lowest BCUT2D eigenvalue weighted by atomic mass is 9.73. The highest BCUT2D eigenvalue weighted by molar-refractivity contribution is 5.83. The third-order valence-electron chi connectivity index (χ3n) is 4.33. The van der Waals surface area contributed by atoms with Gasteiger partial charge in [-0.15, -0.1) is 0 Å². The average Bonchev–Trinajstić information content (AvgIpc) is 2.48. The van der Waals surface area contributed by atoms with E-state index in [0.717, 1.165) is 31.2 Å². The topological polar surface area (TPSA) is 55.1 Å². The molecule has 1 atom stereocenters. The number of carbonyl (C=O) groups excluding carboxylic acids is 1. The Morgan fingerprint density at radius 3 is 2.47 bits per heavy atom. The summed E-state index contributed by atoms with van der Waals surface area (Å²) < 4.78 is 0. The summed E-state index contributed by atoms with van der Waals surface area (Å²) >= 11 is 0. The van der Waals surface area contributed by atoms with E-state index in [1.807, 2.05) is 37.3 Å². The molecule has 1 fully saturated rings. The van der Waals surface area contributed by atoms with Crippen molar-refractivity contribution < 1.29 is 4.79 Å². The summed E-state index contributed by atoms with van der Waals surface area (Å²) in [6.45, 7) is 2.49. The van der Waals surface area contributed by atoms with Gasteiger partial charge in [-0.05, 0) is 25.3 Å². The van der Waals surface area contributed by atoms with Gasteiger partial charge in [0.25, 0.3) is 0 Å². The van der Waals surface area contributed by atoms with Crippen molar-refractivity contribution in [3.05, 3.63) is 35.9 Å². The van der Waals surface area contributed by atoms with Crippen LogP contribution in [-0.4, -0.2) is 12.5 Å². The fourth-order valence-corrected chi connectivity index (χ4v) is 2.93. The molecule has 1 aromatic carbocycles. The summed E-state index contributed by atoms with van der Waals surface area (Å²) in [6, 6.07) is 10.1. The molecule has 3 N–H and O–H groups in total. The zero-order valence-electron chi connectivity index (χ0n) is 11.7. The summed E-state index contributed by atoms with van der Waals surface area (Å²) in [5, 5.41) is 3.14. The van der Waals surface area contributed by atoms with E-state index in [4.69, 9.17) is 5.73 Å². The summed E-state index contributed by atoms with van der Waals surface area (Å²) in [5.74, 6) is 0.131. The Kier molecular flexibility index (Phi) is 4.59. The second-order valence-corrected chi connectivity index (χ2v) is 5.65. The molecule has 0 heterocycles. The van der Waals surface area contributed by atoms with Gasteiger partial charge < -0.3 is 11.1 Å². The minimum atomic E-state index is -0.332. The lowest BCUT2D eigenvalue weighted by molar-refractivity contribution is -0.133. The second kappa shape index (κ2) is 6.20. The predicted molar refractivity (Wildman–Crippen MR) is 77.6 cm³/mol. The van der Waals surface area contributed by atoms with E-state index in [1.54, 1.807) is 0 Å². The van der Waals surface area contributed by atoms with Gasteiger partial charge in [-0.2, -0.15) is 0 Å². The van der Waals surface area contributed by atoms with Crippen LogP contribution < -0.4 is 11.1 Å². The fourth-order valence-electron chi connectivity index (χ4n) is 2.93. The molecule has 0 aliphatic heterocycles. The van der Waals surface area contributed by atoms with Gasteiger partial charge in [-0.1, -0.05) is 49.6 Å². The molecule has 0 aromatic heterocycles. The maximum Gasteiger partial charge on any atom is 0.227 e. The minimum Gasteiger partial charge on any atom is -0.349 e. The van der Waals surface area contributed by atoms with Gasteiger partial charge in [-0.25, -0.2) is 0 Å². The number of carbonyl (C=O) groups is 1. The normalized spacial score (nSPS) is 19.7. The highest BCUT2D eigenvalue weighted by Gasteiger charge is 2.38. The van der Waals surface area contributed by atoms with E-state index in [2.05, 4.69) is 5.32 Å². The summed E-state index contributed by atoms with van der Waals surface area (Å²) in [6.07, 6.45) is 5.31. The molecule has 0 saturated heterocycles. The highest BCUT2D eigenvalue weighted by atomic mass is 16.2. The maximum atomic E-state index is 12.5. The van der Waals surface area contributed by atoms with E-state index >= 15 is 0 Å². The molecule has 104 valence electrons. The molecule has 1 unspecified atom stereocenters. The number of nitrogens with two attached hydrogens (primary N) is 1. The van der Waals surface area contributed by atoms with Crippen LogP contribution in [0.15, 0.2) is 30.3 Å². The van der Waals surface area contributed by atoms with Crippen molar-refractivity contribution in [3.8, 4) is 0 Å². The third-order valence-corrected chi connectivity index (χ3v) is 4.33. The minimum absolute atomic E-state index is 0.0408. The fraction of sp³-hybridized carbons (Fsp3) is 0.562. The first-order valence-corrected chi connectivity index (χ1v) is 7.24. The SMILES string of the molecule is CC(NC(=O)C1(CN)CCCCC1)c1ccccc1. The van der Waals surface area contributed by atoms with E-state index in [1.165, 1.54) is 6.42 Å².